The lowest BCUT2D eigenvalue weighted by Crippen LogP contribution is -2.18. The van der Waals surface area contributed by atoms with Gasteiger partial charge in [0.25, 0.3) is 11.6 Å². The first kappa shape index (κ1) is 16.7. The molecular weight excluding hydrogens is 345 g/mol. The molecule has 23 heavy (non-hydrogen) atoms. The van der Waals surface area contributed by atoms with Gasteiger partial charge < -0.3 is 5.11 Å². The van der Waals surface area contributed by atoms with Gasteiger partial charge >= 0.3 is 0 Å². The monoisotopic (exact) mass is 353 g/mol. The van der Waals surface area contributed by atoms with Crippen LogP contribution in [0.25, 0.3) is 0 Å². The van der Waals surface area contributed by atoms with Crippen LogP contribution in [0.5, 0.6) is 5.75 Å². The minimum Gasteiger partial charge on any atom is -0.506 e. The number of aromatic hydroxyl groups is 1. The number of nitro groups is 1. The molecule has 0 spiro atoms. The standard InChI is InChI=1S/C14H9Cl2N3O4/c15-9-5-10(13(20)11(16)6-9)14(21)18-17-7-8-3-1-2-4-12(8)19(22)23/h1-7,20H,(H,18,21). The number of nitrogens with zero attached hydrogens (tertiary/aromatic N) is 2. The number of amides is 1. The number of halogens is 2. The molecule has 2 N–H and O–H groups in total. The zero-order valence-corrected chi connectivity index (χ0v) is 12.9. The van der Waals surface area contributed by atoms with Crippen molar-refractivity contribution in [3.8, 4) is 5.75 Å². The Bertz CT molecular complexity index is 809. The van der Waals surface area contributed by atoms with Crippen molar-refractivity contribution in [3.05, 3.63) is 67.7 Å². The molecule has 0 unspecified atom stereocenters. The van der Waals surface area contributed by atoms with Crippen LogP contribution in [-0.2, 0) is 0 Å². The number of phenols is 1. The van der Waals surface area contributed by atoms with Crippen LogP contribution in [0.1, 0.15) is 15.9 Å². The minimum atomic E-state index is -0.762. The molecular formula is C14H9Cl2N3O4. The number of carbonyl (C=O) groups excluding carboxylic acids is 1. The maximum absolute atomic E-state index is 11.9. The zero-order valence-electron chi connectivity index (χ0n) is 11.4. The summed E-state index contributed by atoms with van der Waals surface area (Å²) in [5.41, 5.74) is 2.04. The molecule has 118 valence electrons. The number of phenolic OH excluding ortho intramolecular Hbond substituents is 1. The highest BCUT2D eigenvalue weighted by Gasteiger charge is 2.15. The van der Waals surface area contributed by atoms with Crippen molar-refractivity contribution in [1.82, 2.24) is 5.43 Å². The second-order valence-corrected chi connectivity index (χ2v) is 5.14. The molecule has 2 aromatic rings. The first-order valence-corrected chi connectivity index (χ1v) is 6.90. The molecule has 0 saturated carbocycles. The van der Waals surface area contributed by atoms with E-state index in [2.05, 4.69) is 10.5 Å². The van der Waals surface area contributed by atoms with E-state index in [1.165, 1.54) is 30.3 Å². The Morgan fingerprint density at radius 2 is 2.00 bits per heavy atom. The molecule has 0 fully saturated rings. The van der Waals surface area contributed by atoms with Gasteiger partial charge in [-0.25, -0.2) is 5.43 Å². The lowest BCUT2D eigenvalue weighted by Gasteiger charge is -2.05. The second-order valence-electron chi connectivity index (χ2n) is 4.30. The second kappa shape index (κ2) is 7.08. The summed E-state index contributed by atoms with van der Waals surface area (Å²) >= 11 is 11.5. The van der Waals surface area contributed by atoms with Crippen molar-refractivity contribution in [2.45, 2.75) is 0 Å². The van der Waals surface area contributed by atoms with Crippen LogP contribution in [0.2, 0.25) is 10.0 Å². The van der Waals surface area contributed by atoms with Crippen LogP contribution < -0.4 is 5.43 Å². The molecule has 2 aromatic carbocycles. The number of nitrogens with one attached hydrogen (secondary N) is 1. The van der Waals surface area contributed by atoms with Crippen LogP contribution in [0, 0.1) is 10.1 Å². The van der Waals surface area contributed by atoms with Gasteiger partial charge in [0, 0.05) is 11.1 Å². The molecule has 0 bridgehead atoms. The van der Waals surface area contributed by atoms with Gasteiger partial charge in [-0.1, -0.05) is 35.3 Å². The fourth-order valence-electron chi connectivity index (χ4n) is 1.72. The fraction of sp³-hybridized carbons (Fsp3) is 0. The van der Waals surface area contributed by atoms with E-state index in [0.29, 0.717) is 0 Å². The molecule has 0 heterocycles. The van der Waals surface area contributed by atoms with Gasteiger partial charge in [0.15, 0.2) is 0 Å². The van der Waals surface area contributed by atoms with E-state index in [4.69, 9.17) is 23.2 Å². The van der Waals surface area contributed by atoms with E-state index in [1.54, 1.807) is 6.07 Å². The molecule has 0 saturated heterocycles. The molecule has 1 amide bonds. The van der Waals surface area contributed by atoms with E-state index in [1.807, 2.05) is 0 Å². The smallest absolute Gasteiger partial charge is 0.278 e. The minimum absolute atomic E-state index is 0.0784. The highest BCUT2D eigenvalue weighted by atomic mass is 35.5. The summed E-state index contributed by atoms with van der Waals surface area (Å²) in [6.07, 6.45) is 1.12. The average Bonchev–Trinajstić information content (AvgIpc) is 2.51. The lowest BCUT2D eigenvalue weighted by molar-refractivity contribution is -0.385. The predicted molar refractivity (Wildman–Crippen MR) is 86.3 cm³/mol. The third kappa shape index (κ3) is 3.97. The molecule has 0 atom stereocenters. The number of hydrazone groups is 1. The summed E-state index contributed by atoms with van der Waals surface area (Å²) in [5.74, 6) is -1.20. The van der Waals surface area contributed by atoms with E-state index in [-0.39, 0.29) is 26.9 Å². The number of benzene rings is 2. The number of nitro benzene ring substituents is 1. The maximum Gasteiger partial charge on any atom is 0.278 e. The Kier molecular flexibility index (Phi) is 5.15. The first-order chi connectivity index (χ1) is 10.9. The van der Waals surface area contributed by atoms with E-state index in [0.717, 1.165) is 6.21 Å². The topological polar surface area (TPSA) is 105 Å². The highest BCUT2D eigenvalue weighted by molar-refractivity contribution is 6.36. The number of rotatable bonds is 4. The molecule has 0 aliphatic heterocycles. The summed E-state index contributed by atoms with van der Waals surface area (Å²) in [6.45, 7) is 0. The van der Waals surface area contributed by atoms with Crippen LogP contribution in [-0.4, -0.2) is 22.2 Å². The molecule has 0 aliphatic rings. The van der Waals surface area contributed by atoms with Crippen LogP contribution in [0.3, 0.4) is 0 Å². The number of hydrogen-bond donors (Lipinski definition) is 2. The highest BCUT2D eigenvalue weighted by Crippen LogP contribution is 2.30. The van der Waals surface area contributed by atoms with Gasteiger partial charge in [0.05, 0.1) is 27.3 Å². The van der Waals surface area contributed by atoms with Gasteiger partial charge in [0.2, 0.25) is 0 Å². The SMILES string of the molecule is O=C(NN=Cc1ccccc1[N+](=O)[O-])c1cc(Cl)cc(Cl)c1O. The summed E-state index contributed by atoms with van der Waals surface area (Å²) in [5, 5.41) is 24.3. The largest absolute Gasteiger partial charge is 0.506 e. The Balaban J connectivity index is 2.19. The molecule has 9 heteroatoms. The summed E-state index contributed by atoms with van der Waals surface area (Å²) in [7, 11) is 0. The Morgan fingerprint density at radius 1 is 1.30 bits per heavy atom. The van der Waals surface area contributed by atoms with Gasteiger partial charge in [0.1, 0.15) is 5.75 Å². The van der Waals surface area contributed by atoms with Gasteiger partial charge in [-0.2, -0.15) is 5.10 Å². The molecule has 0 aromatic heterocycles. The third-order valence-electron chi connectivity index (χ3n) is 2.78. The first-order valence-electron chi connectivity index (χ1n) is 6.15. The zero-order chi connectivity index (χ0) is 17.0. The van der Waals surface area contributed by atoms with Crippen molar-refractivity contribution in [2.24, 2.45) is 5.10 Å². The number of hydrogen-bond acceptors (Lipinski definition) is 5. The van der Waals surface area contributed by atoms with Crippen molar-refractivity contribution in [3.63, 3.8) is 0 Å². The van der Waals surface area contributed by atoms with Crippen molar-refractivity contribution in [1.29, 1.82) is 0 Å². The molecule has 0 radical (unpaired) electrons. The number of para-hydroxylation sites is 1. The van der Waals surface area contributed by atoms with E-state index < -0.39 is 16.6 Å². The number of carbonyl (C=O) groups is 1. The molecule has 7 nitrogen and oxygen atoms in total. The average molecular weight is 354 g/mol. The normalized spacial score (nSPS) is 10.7. The Hall–Kier alpha value is -2.64. The van der Waals surface area contributed by atoms with Crippen LogP contribution >= 0.6 is 23.2 Å². The van der Waals surface area contributed by atoms with Crippen LogP contribution in [0.4, 0.5) is 5.69 Å². The maximum atomic E-state index is 11.9. The summed E-state index contributed by atoms with van der Waals surface area (Å²) in [6, 6.07) is 8.40. The molecule has 2 rings (SSSR count). The quantitative estimate of drug-likeness (QED) is 0.499. The van der Waals surface area contributed by atoms with Crippen LogP contribution in [0.15, 0.2) is 41.5 Å². The van der Waals surface area contributed by atoms with Gasteiger partial charge in [-0.05, 0) is 18.2 Å². The van der Waals surface area contributed by atoms with Crippen molar-refractivity contribution < 1.29 is 14.8 Å². The van der Waals surface area contributed by atoms with Crippen molar-refractivity contribution in [2.75, 3.05) is 0 Å². The van der Waals surface area contributed by atoms with E-state index in [9.17, 15) is 20.0 Å². The van der Waals surface area contributed by atoms with Gasteiger partial charge in [-0.15, -0.1) is 0 Å². The van der Waals surface area contributed by atoms with Crippen molar-refractivity contribution >= 4 is 41.0 Å². The summed E-state index contributed by atoms with van der Waals surface area (Å²) in [4.78, 5) is 22.2. The van der Waals surface area contributed by atoms with E-state index >= 15 is 0 Å². The van der Waals surface area contributed by atoms with Gasteiger partial charge in [-0.3, -0.25) is 14.9 Å². The Morgan fingerprint density at radius 3 is 2.70 bits per heavy atom. The third-order valence-corrected chi connectivity index (χ3v) is 3.28. The lowest BCUT2D eigenvalue weighted by atomic mass is 10.2. The Labute approximate surface area is 140 Å². The molecule has 0 aliphatic carbocycles. The predicted octanol–water partition coefficient (Wildman–Crippen LogP) is 3.37. The summed E-state index contributed by atoms with van der Waals surface area (Å²) < 4.78 is 0. The fourth-order valence-corrected chi connectivity index (χ4v) is 2.22.